The van der Waals surface area contributed by atoms with Crippen molar-refractivity contribution in [2.75, 3.05) is 0 Å². The molecule has 1 aromatic carbocycles. The van der Waals surface area contributed by atoms with E-state index in [4.69, 9.17) is 4.74 Å². The number of oxime groups is 2. The van der Waals surface area contributed by atoms with Crippen LogP contribution >= 0.6 is 0 Å². The van der Waals surface area contributed by atoms with Gasteiger partial charge in [-0.3, -0.25) is 4.79 Å². The van der Waals surface area contributed by atoms with Crippen molar-refractivity contribution < 1.29 is 19.9 Å². The van der Waals surface area contributed by atoms with Crippen LogP contribution in [0.5, 0.6) is 0 Å². The van der Waals surface area contributed by atoms with Gasteiger partial charge in [-0.2, -0.15) is 0 Å². The molecule has 0 heterocycles. The highest BCUT2D eigenvalue weighted by Gasteiger charge is 2.70. The van der Waals surface area contributed by atoms with Gasteiger partial charge in [-0.1, -0.05) is 101 Å². The monoisotopic (exact) mass is 588 g/mol. The molecule has 4 saturated carbocycles. The summed E-state index contributed by atoms with van der Waals surface area (Å²) in [5.41, 5.74) is 2.81. The van der Waals surface area contributed by atoms with Crippen molar-refractivity contribution in [3.05, 3.63) is 47.5 Å². The quantitative estimate of drug-likeness (QED) is 0.160. The molecule has 6 nitrogen and oxygen atoms in total. The molecule has 1 aromatic rings. The lowest BCUT2D eigenvalue weighted by molar-refractivity contribution is -0.181. The lowest BCUT2D eigenvalue weighted by Crippen LogP contribution is -2.66. The lowest BCUT2D eigenvalue weighted by atomic mass is 9.33. The maximum atomic E-state index is 14.2. The molecular formula is C37H52N2O4. The van der Waals surface area contributed by atoms with E-state index in [2.05, 4.69) is 64.9 Å². The molecule has 6 rings (SSSR count). The maximum Gasteiger partial charge on any atom is 0.313 e. The number of fused-ring (bicyclic) bond motifs is 7. The lowest BCUT2D eigenvalue weighted by Gasteiger charge is -2.70. The molecule has 0 amide bonds. The topological polar surface area (TPSA) is 91.5 Å². The zero-order valence-corrected chi connectivity index (χ0v) is 27.4. The highest BCUT2D eigenvalue weighted by atomic mass is 16.5. The molecule has 2 N–H and O–H groups in total. The number of hydrogen-bond donors (Lipinski definition) is 2. The van der Waals surface area contributed by atoms with Gasteiger partial charge in [0.1, 0.15) is 18.0 Å². The average Bonchev–Trinajstić information content (AvgIpc) is 2.96. The Kier molecular flexibility index (Phi) is 7.03. The van der Waals surface area contributed by atoms with Crippen molar-refractivity contribution in [1.29, 1.82) is 0 Å². The SMILES string of the molecule is CC1(C)CC[C@]2(C(=O)OCc3ccccc3)CC[C@]3(C)C(=CC[C@@H]4[C@@]5(C)CC(=N\O)/C(=N/O)C(C)(C)[C@@H]5CC[C@]43C)[C@@H]2C1. The van der Waals surface area contributed by atoms with Crippen LogP contribution in [0, 0.1) is 50.2 Å². The first-order valence-corrected chi connectivity index (χ1v) is 16.5. The first-order valence-electron chi connectivity index (χ1n) is 16.5. The number of allylic oxidation sites excluding steroid dienone is 2. The maximum absolute atomic E-state index is 14.2. The molecule has 0 aromatic heterocycles. The summed E-state index contributed by atoms with van der Waals surface area (Å²) in [5, 5.41) is 27.3. The summed E-state index contributed by atoms with van der Waals surface area (Å²) in [6.45, 7) is 16.8. The van der Waals surface area contributed by atoms with Crippen LogP contribution in [0.2, 0.25) is 0 Å². The van der Waals surface area contributed by atoms with E-state index in [-0.39, 0.29) is 33.5 Å². The van der Waals surface area contributed by atoms with E-state index >= 15 is 0 Å². The molecule has 0 spiro atoms. The summed E-state index contributed by atoms with van der Waals surface area (Å²) in [4.78, 5) is 14.2. The molecule has 0 radical (unpaired) electrons. The molecule has 43 heavy (non-hydrogen) atoms. The molecule has 0 saturated heterocycles. The Labute approximate surface area is 258 Å². The van der Waals surface area contributed by atoms with Crippen LogP contribution in [0.25, 0.3) is 0 Å². The van der Waals surface area contributed by atoms with Gasteiger partial charge in [0, 0.05) is 11.8 Å². The molecule has 0 unspecified atom stereocenters. The van der Waals surface area contributed by atoms with Gasteiger partial charge >= 0.3 is 5.97 Å². The van der Waals surface area contributed by atoms with Crippen LogP contribution in [0.1, 0.15) is 112 Å². The fourth-order valence-electron chi connectivity index (χ4n) is 11.5. The number of esters is 1. The largest absolute Gasteiger partial charge is 0.460 e. The van der Waals surface area contributed by atoms with Crippen LogP contribution in [-0.2, 0) is 16.1 Å². The van der Waals surface area contributed by atoms with E-state index in [1.54, 1.807) is 0 Å². The van der Waals surface area contributed by atoms with Crippen molar-refractivity contribution in [2.24, 2.45) is 60.6 Å². The summed E-state index contributed by atoms with van der Waals surface area (Å²) in [5.74, 6) is 0.888. The fraction of sp³-hybridized carbons (Fsp3) is 0.703. The molecule has 5 aliphatic carbocycles. The minimum atomic E-state index is -0.462. The standard InChI is InChI=1S/C37H52N2O4/c1-32(2)17-19-37(31(40)43-23-24-11-9-8-10-12-24)20-18-35(6)25(26(37)21-32)13-14-29-34(5)22-27(38-41)30(39-42)33(3,4)28(34)15-16-36(29,35)7/h8-13,26,28-29,41-42H,14-23H2,1-7H3/b38-27+,39-30-/t26-,28-,29+,34-,35+,36+,37-/m0/s1. The summed E-state index contributed by atoms with van der Waals surface area (Å²) >= 11 is 0. The van der Waals surface area contributed by atoms with E-state index < -0.39 is 10.8 Å². The van der Waals surface area contributed by atoms with Crippen LogP contribution in [-0.4, -0.2) is 27.8 Å². The minimum Gasteiger partial charge on any atom is -0.460 e. The Bertz CT molecular complexity index is 1380. The van der Waals surface area contributed by atoms with Crippen molar-refractivity contribution >= 4 is 17.4 Å². The first kappa shape index (κ1) is 30.4. The van der Waals surface area contributed by atoms with Crippen LogP contribution < -0.4 is 0 Å². The van der Waals surface area contributed by atoms with E-state index in [1.807, 2.05) is 30.3 Å². The Hall–Kier alpha value is -2.63. The predicted octanol–water partition coefficient (Wildman–Crippen LogP) is 8.80. The number of hydrogen-bond acceptors (Lipinski definition) is 6. The number of carbonyl (C=O) groups is 1. The molecule has 5 aliphatic rings. The van der Waals surface area contributed by atoms with E-state index in [9.17, 15) is 15.2 Å². The zero-order chi connectivity index (χ0) is 31.1. The van der Waals surface area contributed by atoms with E-state index in [0.29, 0.717) is 36.3 Å². The van der Waals surface area contributed by atoms with E-state index in [1.165, 1.54) is 5.57 Å². The van der Waals surface area contributed by atoms with Crippen LogP contribution in [0.4, 0.5) is 0 Å². The van der Waals surface area contributed by atoms with E-state index in [0.717, 1.165) is 56.9 Å². The van der Waals surface area contributed by atoms with Gasteiger partial charge in [0.2, 0.25) is 0 Å². The molecule has 7 atom stereocenters. The normalized spacial score (nSPS) is 43.0. The summed E-state index contributed by atoms with van der Waals surface area (Å²) in [6, 6.07) is 10.0. The molecule has 6 heteroatoms. The molecule has 234 valence electrons. The Balaban J connectivity index is 1.39. The number of benzene rings is 1. The number of ether oxygens (including phenoxy) is 1. The van der Waals surface area contributed by atoms with Gasteiger partial charge in [0.05, 0.1) is 5.41 Å². The highest BCUT2D eigenvalue weighted by Crippen LogP contribution is 2.75. The van der Waals surface area contributed by atoms with Crippen molar-refractivity contribution in [3.8, 4) is 0 Å². The van der Waals surface area contributed by atoms with Crippen molar-refractivity contribution in [3.63, 3.8) is 0 Å². The van der Waals surface area contributed by atoms with Crippen molar-refractivity contribution in [2.45, 2.75) is 113 Å². The second kappa shape index (κ2) is 9.94. The smallest absolute Gasteiger partial charge is 0.313 e. The number of nitrogens with zero attached hydrogens (tertiary/aromatic N) is 2. The molecular weight excluding hydrogens is 536 g/mol. The molecule has 0 bridgehead atoms. The van der Waals surface area contributed by atoms with Gasteiger partial charge < -0.3 is 15.2 Å². The average molecular weight is 589 g/mol. The Morgan fingerprint density at radius 2 is 1.60 bits per heavy atom. The van der Waals surface area contributed by atoms with Gasteiger partial charge in [-0.05, 0) is 96.3 Å². The summed E-state index contributed by atoms with van der Waals surface area (Å²) in [6.07, 6.45) is 11.1. The highest BCUT2D eigenvalue weighted by molar-refractivity contribution is 6.44. The third kappa shape index (κ3) is 4.20. The molecule has 4 fully saturated rings. The van der Waals surface area contributed by atoms with Gasteiger partial charge in [-0.25, -0.2) is 0 Å². The number of rotatable bonds is 3. The van der Waals surface area contributed by atoms with Gasteiger partial charge in [0.25, 0.3) is 0 Å². The van der Waals surface area contributed by atoms with Crippen molar-refractivity contribution in [1.82, 2.24) is 0 Å². The third-order valence-corrected chi connectivity index (χ3v) is 14.0. The van der Waals surface area contributed by atoms with Gasteiger partial charge in [0.15, 0.2) is 0 Å². The fourth-order valence-corrected chi connectivity index (χ4v) is 11.5. The van der Waals surface area contributed by atoms with Gasteiger partial charge in [-0.15, -0.1) is 0 Å². The summed E-state index contributed by atoms with van der Waals surface area (Å²) < 4.78 is 6.16. The Morgan fingerprint density at radius 1 is 0.907 bits per heavy atom. The molecule has 0 aliphatic heterocycles. The van der Waals surface area contributed by atoms with Crippen LogP contribution in [0.15, 0.2) is 52.3 Å². The predicted molar refractivity (Wildman–Crippen MR) is 169 cm³/mol. The second-order valence-corrected chi connectivity index (χ2v) is 16.8. The second-order valence-electron chi connectivity index (χ2n) is 16.8. The third-order valence-electron chi connectivity index (χ3n) is 14.0. The van der Waals surface area contributed by atoms with Crippen LogP contribution in [0.3, 0.4) is 0 Å². The minimum absolute atomic E-state index is 0.00333. The number of carbonyl (C=O) groups excluding carboxylic acids is 1. The first-order chi connectivity index (χ1) is 20.2. The zero-order valence-electron chi connectivity index (χ0n) is 27.4. The summed E-state index contributed by atoms with van der Waals surface area (Å²) in [7, 11) is 0. The Morgan fingerprint density at radius 3 is 2.28 bits per heavy atom.